The Morgan fingerprint density at radius 2 is 2.15 bits per heavy atom. The largest absolute Gasteiger partial charge is 0.477 e. The highest BCUT2D eigenvalue weighted by Gasteiger charge is 2.32. The lowest BCUT2D eigenvalue weighted by atomic mass is 9.99. The van der Waals surface area contributed by atoms with Crippen LogP contribution in [0.4, 0.5) is 0 Å². The van der Waals surface area contributed by atoms with Crippen molar-refractivity contribution in [1.82, 2.24) is 0 Å². The molecular weight excluding hydrogens is 258 g/mol. The fourth-order valence-corrected chi connectivity index (χ4v) is 1.93. The Bertz CT molecular complexity index is 376. The van der Waals surface area contributed by atoms with Crippen LogP contribution in [0.25, 0.3) is 0 Å². The molecule has 0 aromatic heterocycles. The smallest absolute Gasteiger partial charge is 0.214 e. The summed E-state index contributed by atoms with van der Waals surface area (Å²) in [7, 11) is 1.59. The van der Waals surface area contributed by atoms with Gasteiger partial charge in [0, 0.05) is 13.0 Å². The van der Waals surface area contributed by atoms with Crippen molar-refractivity contribution in [1.29, 1.82) is 0 Å². The molecule has 0 radical (unpaired) electrons. The second kappa shape index (κ2) is 7.20. The van der Waals surface area contributed by atoms with Crippen molar-refractivity contribution in [2.45, 2.75) is 52.4 Å². The summed E-state index contributed by atoms with van der Waals surface area (Å²) in [6.45, 7) is 10.6. The van der Waals surface area contributed by atoms with E-state index in [1.165, 1.54) is 0 Å². The first kappa shape index (κ1) is 17.1. The zero-order valence-corrected chi connectivity index (χ0v) is 13.3. The van der Waals surface area contributed by atoms with Crippen molar-refractivity contribution >= 4 is 5.90 Å². The van der Waals surface area contributed by atoms with Crippen LogP contribution in [-0.4, -0.2) is 49.3 Å². The molecule has 1 N–H and O–H groups in total. The van der Waals surface area contributed by atoms with Crippen LogP contribution in [0, 0.1) is 5.92 Å². The average molecular weight is 285 g/mol. The molecule has 1 aliphatic heterocycles. The molecule has 0 saturated heterocycles. The van der Waals surface area contributed by atoms with Crippen LogP contribution < -0.4 is 0 Å². The van der Waals surface area contributed by atoms with Gasteiger partial charge in [-0.15, -0.1) is 0 Å². The van der Waals surface area contributed by atoms with Crippen molar-refractivity contribution in [2.24, 2.45) is 10.9 Å². The Balaban J connectivity index is 2.63. The summed E-state index contributed by atoms with van der Waals surface area (Å²) in [5.41, 5.74) is 0.801. The van der Waals surface area contributed by atoms with Crippen LogP contribution in [-0.2, 0) is 14.2 Å². The Kier molecular flexibility index (Phi) is 6.17. The van der Waals surface area contributed by atoms with Crippen LogP contribution in [0.3, 0.4) is 0 Å². The molecule has 0 saturated carbocycles. The van der Waals surface area contributed by atoms with Gasteiger partial charge in [-0.2, -0.15) is 0 Å². The normalized spacial score (nSPS) is 22.9. The molecule has 5 nitrogen and oxygen atoms in total. The molecule has 0 aromatic rings. The van der Waals surface area contributed by atoms with E-state index in [9.17, 15) is 5.11 Å². The Hall–Kier alpha value is -0.910. The lowest BCUT2D eigenvalue weighted by Gasteiger charge is -2.18. The minimum absolute atomic E-state index is 0.0486. The van der Waals surface area contributed by atoms with E-state index < -0.39 is 6.10 Å². The van der Waals surface area contributed by atoms with Crippen LogP contribution >= 0.6 is 0 Å². The molecule has 1 heterocycles. The minimum Gasteiger partial charge on any atom is -0.477 e. The first-order valence-electron chi connectivity index (χ1n) is 6.96. The Morgan fingerprint density at radius 1 is 1.50 bits per heavy atom. The number of nitrogens with zero attached hydrogens (tertiary/aromatic N) is 1. The van der Waals surface area contributed by atoms with Crippen LogP contribution in [0.15, 0.2) is 16.6 Å². The van der Waals surface area contributed by atoms with Crippen molar-refractivity contribution in [3.05, 3.63) is 11.6 Å². The third kappa shape index (κ3) is 4.89. The number of aliphatic hydroxyl groups excluding tert-OH is 1. The highest BCUT2D eigenvalue weighted by atomic mass is 16.7. The van der Waals surface area contributed by atoms with Gasteiger partial charge in [0.25, 0.3) is 0 Å². The molecule has 0 unspecified atom stereocenters. The molecule has 1 rings (SSSR count). The fraction of sp³-hybridized carbons (Fsp3) is 0.800. The second-order valence-electron chi connectivity index (χ2n) is 5.98. The van der Waals surface area contributed by atoms with Crippen molar-refractivity contribution < 1.29 is 19.3 Å². The number of methoxy groups -OCH3 is 1. The monoisotopic (exact) mass is 285 g/mol. The molecule has 5 heteroatoms. The zero-order chi connectivity index (χ0) is 15.3. The maximum absolute atomic E-state index is 10.3. The van der Waals surface area contributed by atoms with Crippen molar-refractivity contribution in [2.75, 3.05) is 20.5 Å². The maximum Gasteiger partial charge on any atom is 0.214 e. The maximum atomic E-state index is 10.3. The first-order valence-corrected chi connectivity index (χ1v) is 6.96. The van der Waals surface area contributed by atoms with Gasteiger partial charge in [-0.05, 0) is 33.3 Å². The van der Waals surface area contributed by atoms with Gasteiger partial charge in [-0.25, -0.2) is 4.99 Å². The summed E-state index contributed by atoms with van der Waals surface area (Å²) < 4.78 is 15.8. The van der Waals surface area contributed by atoms with E-state index in [2.05, 4.69) is 4.99 Å². The zero-order valence-electron chi connectivity index (χ0n) is 13.3. The van der Waals surface area contributed by atoms with Gasteiger partial charge >= 0.3 is 0 Å². The van der Waals surface area contributed by atoms with Crippen molar-refractivity contribution in [3.8, 4) is 0 Å². The minimum atomic E-state index is -0.721. The van der Waals surface area contributed by atoms with E-state index in [0.29, 0.717) is 12.5 Å². The van der Waals surface area contributed by atoms with Gasteiger partial charge < -0.3 is 19.3 Å². The van der Waals surface area contributed by atoms with E-state index in [1.54, 1.807) is 7.11 Å². The third-order valence-electron chi connectivity index (χ3n) is 3.34. The molecule has 3 atom stereocenters. The van der Waals surface area contributed by atoms with Crippen LogP contribution in [0.2, 0.25) is 0 Å². The molecule has 116 valence electrons. The number of rotatable bonds is 7. The number of hydrogen-bond donors (Lipinski definition) is 1. The summed E-state index contributed by atoms with van der Waals surface area (Å²) in [5.74, 6) is 0.341. The summed E-state index contributed by atoms with van der Waals surface area (Å²) in [4.78, 5) is 4.41. The quantitative estimate of drug-likeness (QED) is 0.575. The number of aliphatic imine (C=N–C) groups is 1. The van der Waals surface area contributed by atoms with E-state index in [4.69, 9.17) is 14.2 Å². The number of ether oxygens (including phenoxy) is 3. The lowest BCUT2D eigenvalue weighted by molar-refractivity contribution is -0.0532. The predicted molar refractivity (Wildman–Crippen MR) is 78.8 cm³/mol. The highest BCUT2D eigenvalue weighted by Crippen LogP contribution is 2.22. The van der Waals surface area contributed by atoms with Gasteiger partial charge in [0.1, 0.15) is 19.5 Å². The average Bonchev–Trinajstić information content (AvgIpc) is 2.75. The molecule has 20 heavy (non-hydrogen) atoms. The summed E-state index contributed by atoms with van der Waals surface area (Å²) in [5, 5.41) is 10.3. The first-order chi connectivity index (χ1) is 9.26. The standard InChI is InChI=1S/C15H27NO4/c1-10(12(3)20-9-18-6)7-11(2)13(17)14-16-15(4,5)8-19-14/h7,11-13,17H,8-9H2,1-6H3/b10-7+/t11-,12-,13-/m0/s1. The lowest BCUT2D eigenvalue weighted by Crippen LogP contribution is -2.27. The molecule has 0 amide bonds. The molecule has 0 fully saturated rings. The predicted octanol–water partition coefficient (Wildman–Crippen LogP) is 2.15. The van der Waals surface area contributed by atoms with Crippen LogP contribution in [0.5, 0.6) is 0 Å². The molecule has 0 aromatic carbocycles. The summed E-state index contributed by atoms with van der Waals surface area (Å²) in [6.07, 6.45) is 1.22. The third-order valence-corrected chi connectivity index (χ3v) is 3.34. The van der Waals surface area contributed by atoms with E-state index in [0.717, 1.165) is 5.57 Å². The van der Waals surface area contributed by atoms with E-state index >= 15 is 0 Å². The SMILES string of the molecule is COCO[C@@H](C)/C(C)=C/[C@H](C)[C@H](O)C1=NC(C)(C)CO1. The van der Waals surface area contributed by atoms with Crippen molar-refractivity contribution in [3.63, 3.8) is 0 Å². The Labute approximate surface area is 121 Å². The number of hydrogen-bond acceptors (Lipinski definition) is 5. The van der Waals surface area contributed by atoms with Gasteiger partial charge in [0.2, 0.25) is 5.90 Å². The van der Waals surface area contributed by atoms with Gasteiger partial charge in [-0.1, -0.05) is 13.0 Å². The van der Waals surface area contributed by atoms with Gasteiger partial charge in [0.15, 0.2) is 0 Å². The van der Waals surface area contributed by atoms with Crippen LogP contribution in [0.1, 0.15) is 34.6 Å². The highest BCUT2D eigenvalue weighted by molar-refractivity contribution is 5.83. The molecule has 0 bridgehead atoms. The molecule has 0 spiro atoms. The van der Waals surface area contributed by atoms with E-state index in [1.807, 2.05) is 40.7 Å². The summed E-state index contributed by atoms with van der Waals surface area (Å²) in [6, 6.07) is 0. The van der Waals surface area contributed by atoms with Gasteiger partial charge in [0.05, 0.1) is 11.6 Å². The second-order valence-corrected chi connectivity index (χ2v) is 5.98. The molecule has 1 aliphatic rings. The van der Waals surface area contributed by atoms with Gasteiger partial charge in [-0.3, -0.25) is 0 Å². The number of aliphatic hydroxyl groups is 1. The summed E-state index contributed by atoms with van der Waals surface area (Å²) >= 11 is 0. The van der Waals surface area contributed by atoms with E-state index in [-0.39, 0.29) is 24.4 Å². The topological polar surface area (TPSA) is 60.3 Å². The Morgan fingerprint density at radius 3 is 2.65 bits per heavy atom. The molecular formula is C15H27NO4. The molecule has 0 aliphatic carbocycles. The fourth-order valence-electron chi connectivity index (χ4n) is 1.93.